The molecule has 2 amide bonds. The zero-order chi connectivity index (χ0) is 91.4. The number of benzene rings is 5. The third-order valence-electron chi connectivity index (χ3n) is 17.5. The van der Waals surface area contributed by atoms with E-state index in [0.717, 1.165) is 102 Å². The van der Waals surface area contributed by atoms with Crippen LogP contribution in [-0.2, 0) is 37.4 Å². The number of amides is 2. The summed E-state index contributed by atoms with van der Waals surface area (Å²) < 4.78 is 6.16. The van der Waals surface area contributed by atoms with Crippen LogP contribution < -0.4 is 73.7 Å². The molecular formula is C92H110Br2Cl3N18NaO11. The van der Waals surface area contributed by atoms with Crippen LogP contribution in [0.4, 0.5) is 11.4 Å². The number of alkyl halides is 3. The smallest absolute Gasteiger partial charge is 0.870 e. The molecule has 5 aromatic carbocycles. The van der Waals surface area contributed by atoms with Gasteiger partial charge in [0.1, 0.15) is 17.5 Å². The van der Waals surface area contributed by atoms with E-state index < -0.39 is 11.2 Å². The van der Waals surface area contributed by atoms with Crippen molar-refractivity contribution in [3.63, 3.8) is 0 Å². The number of rotatable bonds is 27. The van der Waals surface area contributed by atoms with Crippen molar-refractivity contribution in [3.8, 4) is 0 Å². The molecule has 11 N–H and O–H groups in total. The van der Waals surface area contributed by atoms with Crippen molar-refractivity contribution in [1.29, 1.82) is 0 Å². The number of pyridine rings is 5. The minimum atomic E-state index is -1.10. The molecule has 0 radical (unpaired) electrons. The number of anilines is 2. The Morgan fingerprint density at radius 2 is 0.945 bits per heavy atom. The largest absolute Gasteiger partial charge is 1.00 e. The fraction of sp³-hybridized carbons (Fsp3) is 0.293. The van der Waals surface area contributed by atoms with Crippen molar-refractivity contribution in [2.24, 2.45) is 5.73 Å². The number of carbonyl (C=O) groups is 4. The van der Waals surface area contributed by atoms with Crippen molar-refractivity contribution in [1.82, 2.24) is 74.0 Å². The summed E-state index contributed by atoms with van der Waals surface area (Å²) in [4.78, 5) is 122. The normalized spacial score (nSPS) is 10.7. The number of aryl methyl sites for hydroxylation is 1. The Morgan fingerprint density at radius 1 is 0.528 bits per heavy atom. The number of likely N-dealkylation sites (N-methyl/N-ethyl adjacent to an activating group) is 2. The van der Waals surface area contributed by atoms with Crippen LogP contribution in [0.5, 0.6) is 0 Å². The van der Waals surface area contributed by atoms with Crippen LogP contribution in [-0.4, -0.2) is 180 Å². The fourth-order valence-corrected chi connectivity index (χ4v) is 12.1. The van der Waals surface area contributed by atoms with Gasteiger partial charge in [-0.05, 0) is 173 Å². The summed E-state index contributed by atoms with van der Waals surface area (Å²) in [6, 6.07) is 63.8. The monoisotopic (exact) mass is 1930 g/mol. The van der Waals surface area contributed by atoms with Crippen LogP contribution in [0.15, 0.2) is 256 Å². The maximum Gasteiger partial charge on any atom is 1.00 e. The first-order valence-corrected chi connectivity index (χ1v) is 43.3. The standard InChI is InChI=1S/C21H27N5O.C17H16BrN3O.C17H19N3O2.C17H17N3O.C7H4BrClO.C6H6N2O2.C4H12N2.C2H6O2.CH2Cl2.Na.H2O/c1-4-17(22-13-14-25(2)3)20-24-18-11-8-12-23-19(18)21(27)26(20)15-16-9-6-5-7-10-16;1-2-13(18)16-20-14-9-6-10-19-15(14)17(22)21(16)11-12-7-4-3-5-8-12;1-2-7-15(21)20-14-10-6-11-18-16(14)17(22)19-12-13-8-4-3-5-9-13;1-2-7-15-19-14-10-6-11-18-16(14)17(21)20(15)12-13-8-4-3-5-9-13;8-6-3-1-5(2-4-6)7(9)10;7-4-2-1-3-8-5(4)6(9)10;1-6(2)4-3-5;3-1-2-4;2-1-3;;/h5-12,17,22H,4,13-15H2,1-3H3;3-10,13H,2,11H2,1H3;3-6,8-11H,2,7,12H2,1H3,(H,19,22)(H,20,21);3-6,8-11H,2,7,12H2,1H3;1-4H;1-3H,7H2,(H,9,10);3-5H2,1-2H3;3-4H,1-2H2;1H2;;1H2/q;;;;;;;;;+1;/p-1. The third kappa shape index (κ3) is 39.1. The number of carbonyl (C=O) groups excluding carboxylic acids is 3. The summed E-state index contributed by atoms with van der Waals surface area (Å²) in [7, 11) is 8.11. The molecule has 0 spiro atoms. The summed E-state index contributed by atoms with van der Waals surface area (Å²) in [5, 5.41) is 32.5. The van der Waals surface area contributed by atoms with Crippen LogP contribution in [0.2, 0.25) is 0 Å². The second-order valence-electron chi connectivity index (χ2n) is 27.6. The van der Waals surface area contributed by atoms with E-state index in [1.165, 1.54) is 18.5 Å². The Kier molecular flexibility index (Phi) is 54.8. The summed E-state index contributed by atoms with van der Waals surface area (Å²) >= 11 is 21.6. The molecule has 0 saturated carbocycles. The molecule has 8 aromatic heterocycles. The van der Waals surface area contributed by atoms with Gasteiger partial charge < -0.3 is 58.0 Å². The minimum absolute atomic E-state index is 0. The summed E-state index contributed by atoms with van der Waals surface area (Å²) in [5.41, 5.74) is 19.0. The Labute approximate surface area is 793 Å². The molecule has 670 valence electrons. The van der Waals surface area contributed by atoms with Gasteiger partial charge in [0.05, 0.1) is 77.0 Å². The SMILES string of the molecule is CCC(Br)c1nc2cccnc2c(=O)n1Cc1ccccc1.CCC(NCCN(C)C)c1nc2cccnc2c(=O)n1Cc1ccccc1.CCCC(=O)Nc1cccnc1C(=O)NCc1ccccc1.CCCc1nc2cccnc2c(=O)n1Cc1ccccc1.CN(C)CCN.ClCCl.Nc1cccnc1C(=O)O.O=C(Cl)c1ccc(Br)cc1.OCCO.[Na+].[OH-]. The molecule has 35 heteroatoms. The number of hydrogen-bond donors (Lipinski definition) is 8. The zero-order valence-electron chi connectivity index (χ0n) is 72.7. The van der Waals surface area contributed by atoms with Gasteiger partial charge in [0.2, 0.25) is 5.91 Å². The number of fused-ring (bicyclic) bond motifs is 3. The molecule has 2 unspecified atom stereocenters. The van der Waals surface area contributed by atoms with E-state index in [9.17, 15) is 33.6 Å². The first-order chi connectivity index (χ1) is 60.3. The van der Waals surface area contributed by atoms with Crippen molar-refractivity contribution >= 4 is 134 Å². The molecule has 0 bridgehead atoms. The number of nitrogen functional groups attached to an aromatic ring is 1. The first kappa shape index (κ1) is 111. The van der Waals surface area contributed by atoms with Gasteiger partial charge in [-0.2, -0.15) is 0 Å². The zero-order valence-corrected chi connectivity index (χ0v) is 80.1. The summed E-state index contributed by atoms with van der Waals surface area (Å²) in [5.74, 6) is 0.816. The van der Waals surface area contributed by atoms with E-state index in [2.05, 4.69) is 113 Å². The number of nitrogens with two attached hydrogens (primary N) is 2. The molecule has 13 rings (SSSR count). The molecule has 0 aliphatic heterocycles. The topological polar surface area (TPSA) is 423 Å². The molecular weight excluding hydrogens is 1820 g/mol. The van der Waals surface area contributed by atoms with Gasteiger partial charge >= 0.3 is 35.5 Å². The maximum atomic E-state index is 13.2. The van der Waals surface area contributed by atoms with Gasteiger partial charge in [-0.15, -0.1) is 23.2 Å². The molecule has 13 aromatic rings. The molecule has 0 aliphatic rings. The number of carboxylic acid groups (broad SMARTS) is 1. The van der Waals surface area contributed by atoms with Crippen LogP contribution in [0, 0.1) is 0 Å². The summed E-state index contributed by atoms with van der Waals surface area (Å²) in [6.07, 6.45) is 12.4. The first-order valence-electron chi connectivity index (χ1n) is 40.2. The third-order valence-corrected chi connectivity index (χ3v) is 19.3. The average Bonchev–Trinajstić information content (AvgIpc) is 0.790. The van der Waals surface area contributed by atoms with Gasteiger partial charge in [-0.1, -0.05) is 181 Å². The molecule has 29 nitrogen and oxygen atoms in total. The van der Waals surface area contributed by atoms with Crippen molar-refractivity contribution in [3.05, 3.63) is 329 Å². The summed E-state index contributed by atoms with van der Waals surface area (Å²) in [6.45, 7) is 13.4. The Morgan fingerprint density at radius 3 is 1.35 bits per heavy atom. The van der Waals surface area contributed by atoms with E-state index in [4.69, 9.17) is 66.6 Å². The van der Waals surface area contributed by atoms with Gasteiger partial charge in [0.25, 0.3) is 27.8 Å². The van der Waals surface area contributed by atoms with Gasteiger partial charge in [0, 0.05) is 86.6 Å². The number of nitrogens with one attached hydrogen (secondary N) is 3. The van der Waals surface area contributed by atoms with E-state index >= 15 is 0 Å². The Hall–Kier alpha value is -10.3. The van der Waals surface area contributed by atoms with Crippen LogP contribution >= 0.6 is 66.7 Å². The van der Waals surface area contributed by atoms with E-state index in [-0.39, 0.29) is 110 Å². The second kappa shape index (κ2) is 62.8. The molecule has 2 atom stereocenters. The quantitative estimate of drug-likeness (QED) is 0.0135. The van der Waals surface area contributed by atoms with Gasteiger partial charge in [0.15, 0.2) is 27.9 Å². The Bertz CT molecular complexity index is 5590. The van der Waals surface area contributed by atoms with Crippen LogP contribution in [0.25, 0.3) is 33.1 Å². The van der Waals surface area contributed by atoms with E-state index in [0.29, 0.717) is 77.0 Å². The fourth-order valence-electron chi connectivity index (χ4n) is 11.4. The number of halogens is 5. The maximum absolute atomic E-state index is 13.2. The number of hydrogen-bond acceptors (Lipinski definition) is 23. The average molecular weight is 1930 g/mol. The predicted octanol–water partition coefficient (Wildman–Crippen LogP) is 11.6. The molecule has 0 aliphatic carbocycles. The van der Waals surface area contributed by atoms with E-state index in [1.807, 2.05) is 187 Å². The number of aliphatic hydroxyl groups excluding tert-OH is 2. The predicted molar refractivity (Wildman–Crippen MR) is 509 cm³/mol. The van der Waals surface area contributed by atoms with E-state index in [1.54, 1.807) is 80.8 Å². The number of aliphatic hydroxyl groups is 2. The number of aromatic nitrogens is 11. The molecule has 0 saturated heterocycles. The Balaban J connectivity index is 0.000000389. The molecule has 127 heavy (non-hydrogen) atoms. The minimum Gasteiger partial charge on any atom is -0.870 e. The second-order valence-corrected chi connectivity index (χ2v) is 30.8. The van der Waals surface area contributed by atoms with Crippen molar-refractivity contribution in [2.45, 2.75) is 103 Å². The number of nitrogens with zero attached hydrogens (tertiary/aromatic N) is 13. The van der Waals surface area contributed by atoms with Gasteiger partial charge in [-0.25, -0.2) is 44.7 Å². The van der Waals surface area contributed by atoms with Gasteiger partial charge in [-0.3, -0.25) is 42.5 Å². The van der Waals surface area contributed by atoms with Crippen molar-refractivity contribution < 1.29 is 69.5 Å². The number of aromatic carboxylic acids is 1. The molecule has 8 heterocycles. The van der Waals surface area contributed by atoms with Crippen LogP contribution in [0.1, 0.15) is 142 Å². The van der Waals surface area contributed by atoms with Crippen molar-refractivity contribution in [2.75, 3.05) is 84.0 Å². The number of carboxylic acids is 1. The molecule has 0 fully saturated rings. The van der Waals surface area contributed by atoms with Crippen LogP contribution in [0.3, 0.4) is 0 Å².